The van der Waals surface area contributed by atoms with Crippen molar-refractivity contribution in [1.82, 2.24) is 5.43 Å². The van der Waals surface area contributed by atoms with Crippen LogP contribution in [0, 0.1) is 12.7 Å². The molecule has 21 heavy (non-hydrogen) atoms. The number of amides is 1. The Labute approximate surface area is 133 Å². The highest BCUT2D eigenvalue weighted by atomic mass is 79.9. The number of halogens is 3. The molecule has 0 saturated heterocycles. The van der Waals surface area contributed by atoms with Crippen molar-refractivity contribution >= 4 is 33.4 Å². The van der Waals surface area contributed by atoms with Crippen LogP contribution in [0.4, 0.5) is 4.39 Å². The fourth-order valence-corrected chi connectivity index (χ4v) is 2.43. The molecule has 0 saturated carbocycles. The number of hydrazine groups is 1. The first kappa shape index (κ1) is 15.8. The second kappa shape index (κ2) is 6.46. The summed E-state index contributed by atoms with van der Waals surface area (Å²) in [5.41, 5.74) is 2.61. The smallest absolute Gasteiger partial charge is 0.301 e. The summed E-state index contributed by atoms with van der Waals surface area (Å²) >= 11 is 8.86. The van der Waals surface area contributed by atoms with E-state index in [4.69, 9.17) is 26.6 Å². The maximum atomic E-state index is 13.4. The van der Waals surface area contributed by atoms with Gasteiger partial charge in [-0.3, -0.25) is 10.2 Å². The molecule has 0 fully saturated rings. The average molecular weight is 378 g/mol. The Balaban J connectivity index is 2.14. The van der Waals surface area contributed by atoms with Crippen molar-refractivity contribution in [2.75, 3.05) is 0 Å². The van der Waals surface area contributed by atoms with Crippen LogP contribution in [0.15, 0.2) is 27.1 Å². The molecule has 0 radical (unpaired) electrons. The van der Waals surface area contributed by atoms with E-state index in [1.165, 1.54) is 6.07 Å². The van der Waals surface area contributed by atoms with Gasteiger partial charge < -0.3 is 9.15 Å². The third kappa shape index (κ3) is 3.55. The molecule has 2 aromatic rings. The standard InChI is InChI=1S/C13H11BrClFN2O3/c1-6-2-7(21-12(6)13(19)18-17)5-20-11-4-10(16)9(15)3-8(11)14/h2-4H,5,17H2,1H3,(H,18,19). The normalized spacial score (nSPS) is 10.5. The van der Waals surface area contributed by atoms with E-state index in [1.807, 2.05) is 5.43 Å². The van der Waals surface area contributed by atoms with Crippen molar-refractivity contribution in [3.05, 3.63) is 50.6 Å². The van der Waals surface area contributed by atoms with Gasteiger partial charge in [-0.25, -0.2) is 10.2 Å². The summed E-state index contributed by atoms with van der Waals surface area (Å²) in [5, 5.41) is -0.00929. The highest BCUT2D eigenvalue weighted by Gasteiger charge is 2.15. The SMILES string of the molecule is Cc1cc(COc2cc(F)c(Cl)cc2Br)oc1C(=O)NN. The average Bonchev–Trinajstić information content (AvgIpc) is 2.81. The van der Waals surface area contributed by atoms with E-state index in [-0.39, 0.29) is 23.1 Å². The number of carbonyl (C=O) groups excluding carboxylic acids is 1. The van der Waals surface area contributed by atoms with Gasteiger partial charge in [0, 0.05) is 11.6 Å². The van der Waals surface area contributed by atoms with E-state index >= 15 is 0 Å². The number of furan rings is 1. The topological polar surface area (TPSA) is 77.5 Å². The van der Waals surface area contributed by atoms with Gasteiger partial charge in [0.15, 0.2) is 5.76 Å². The Bertz CT molecular complexity index is 690. The van der Waals surface area contributed by atoms with Gasteiger partial charge in [0.1, 0.15) is 23.9 Å². The van der Waals surface area contributed by atoms with Gasteiger partial charge in [0.25, 0.3) is 0 Å². The second-order valence-electron chi connectivity index (χ2n) is 4.18. The largest absolute Gasteiger partial charge is 0.484 e. The Morgan fingerprint density at radius 1 is 1.52 bits per heavy atom. The first-order chi connectivity index (χ1) is 9.92. The Morgan fingerprint density at radius 3 is 2.90 bits per heavy atom. The number of carbonyl (C=O) groups is 1. The predicted molar refractivity (Wildman–Crippen MR) is 78.5 cm³/mol. The molecule has 0 unspecified atom stereocenters. The van der Waals surface area contributed by atoms with Gasteiger partial charge in [-0.15, -0.1) is 0 Å². The molecule has 0 bridgehead atoms. The first-order valence-electron chi connectivity index (χ1n) is 5.80. The Hall–Kier alpha value is -1.57. The molecule has 0 aliphatic carbocycles. The molecular weight excluding hydrogens is 367 g/mol. The maximum absolute atomic E-state index is 13.4. The minimum atomic E-state index is -0.589. The fourth-order valence-electron chi connectivity index (χ4n) is 1.67. The van der Waals surface area contributed by atoms with Crippen LogP contribution in [0.25, 0.3) is 0 Å². The van der Waals surface area contributed by atoms with Gasteiger partial charge in [-0.2, -0.15) is 0 Å². The van der Waals surface area contributed by atoms with Crippen LogP contribution in [0.2, 0.25) is 5.02 Å². The summed E-state index contributed by atoms with van der Waals surface area (Å²) in [6, 6.07) is 4.20. The number of aryl methyl sites for hydroxylation is 1. The third-order valence-electron chi connectivity index (χ3n) is 2.65. The summed E-state index contributed by atoms with van der Waals surface area (Å²) in [6.07, 6.45) is 0. The molecule has 5 nitrogen and oxygen atoms in total. The first-order valence-corrected chi connectivity index (χ1v) is 6.97. The minimum absolute atomic E-state index is 0.00929. The van der Waals surface area contributed by atoms with Crippen molar-refractivity contribution in [2.24, 2.45) is 5.84 Å². The Morgan fingerprint density at radius 2 is 2.24 bits per heavy atom. The fraction of sp³-hybridized carbons (Fsp3) is 0.154. The van der Waals surface area contributed by atoms with E-state index in [2.05, 4.69) is 15.9 Å². The molecule has 0 aliphatic heterocycles. The number of benzene rings is 1. The van der Waals surface area contributed by atoms with Crippen molar-refractivity contribution in [3.8, 4) is 5.75 Å². The van der Waals surface area contributed by atoms with Crippen LogP contribution >= 0.6 is 27.5 Å². The van der Waals surface area contributed by atoms with E-state index in [9.17, 15) is 9.18 Å². The van der Waals surface area contributed by atoms with Crippen molar-refractivity contribution in [1.29, 1.82) is 0 Å². The molecule has 2 rings (SSSR count). The van der Waals surface area contributed by atoms with E-state index < -0.39 is 11.7 Å². The third-order valence-corrected chi connectivity index (χ3v) is 3.56. The highest BCUT2D eigenvalue weighted by molar-refractivity contribution is 9.10. The summed E-state index contributed by atoms with van der Waals surface area (Å²) in [5.74, 6) is 4.72. The van der Waals surface area contributed by atoms with Crippen molar-refractivity contribution in [2.45, 2.75) is 13.5 Å². The number of hydrogen-bond donors (Lipinski definition) is 2. The van der Waals surface area contributed by atoms with Gasteiger partial charge in [0.05, 0.1) is 9.50 Å². The molecule has 112 valence electrons. The molecule has 1 amide bonds. The van der Waals surface area contributed by atoms with Crippen molar-refractivity contribution in [3.63, 3.8) is 0 Å². The lowest BCUT2D eigenvalue weighted by Crippen LogP contribution is -2.30. The molecular formula is C13H11BrClFN2O3. The van der Waals surface area contributed by atoms with Crippen LogP contribution in [-0.2, 0) is 6.61 Å². The van der Waals surface area contributed by atoms with Crippen LogP contribution in [0.3, 0.4) is 0 Å². The number of nitrogen functional groups attached to an aromatic ring is 1. The van der Waals surface area contributed by atoms with Crippen LogP contribution in [0.5, 0.6) is 5.75 Å². The number of ether oxygens (including phenoxy) is 1. The van der Waals surface area contributed by atoms with Crippen LogP contribution in [-0.4, -0.2) is 5.91 Å². The summed E-state index contributed by atoms with van der Waals surface area (Å²) in [6.45, 7) is 1.73. The Kier molecular flexibility index (Phi) is 4.87. The molecule has 3 N–H and O–H groups in total. The van der Waals surface area contributed by atoms with Gasteiger partial charge in [-0.05, 0) is 35.0 Å². The van der Waals surface area contributed by atoms with Gasteiger partial charge in [-0.1, -0.05) is 11.6 Å². The van der Waals surface area contributed by atoms with E-state index in [0.717, 1.165) is 6.07 Å². The van der Waals surface area contributed by atoms with E-state index in [1.54, 1.807) is 13.0 Å². The van der Waals surface area contributed by atoms with Gasteiger partial charge >= 0.3 is 5.91 Å². The quantitative estimate of drug-likeness (QED) is 0.371. The summed E-state index contributed by atoms with van der Waals surface area (Å²) < 4.78 is 24.7. The van der Waals surface area contributed by atoms with Crippen LogP contribution in [0.1, 0.15) is 21.9 Å². The maximum Gasteiger partial charge on any atom is 0.301 e. The molecule has 0 atom stereocenters. The molecule has 1 heterocycles. The molecule has 0 spiro atoms. The summed E-state index contributed by atoms with van der Waals surface area (Å²) in [4.78, 5) is 11.4. The van der Waals surface area contributed by atoms with Crippen molar-refractivity contribution < 1.29 is 18.3 Å². The number of rotatable bonds is 4. The van der Waals surface area contributed by atoms with E-state index in [0.29, 0.717) is 15.8 Å². The lowest BCUT2D eigenvalue weighted by atomic mass is 10.2. The molecule has 0 aliphatic rings. The zero-order valence-corrected chi connectivity index (χ0v) is 13.2. The summed E-state index contributed by atoms with van der Waals surface area (Å²) in [7, 11) is 0. The monoisotopic (exact) mass is 376 g/mol. The zero-order valence-electron chi connectivity index (χ0n) is 10.9. The molecule has 8 heteroatoms. The number of nitrogens with one attached hydrogen (secondary N) is 1. The molecule has 1 aromatic carbocycles. The van der Waals surface area contributed by atoms with Gasteiger partial charge in [0.2, 0.25) is 0 Å². The predicted octanol–water partition coefficient (Wildman–Crippen LogP) is 3.33. The zero-order chi connectivity index (χ0) is 15.6. The molecule has 1 aromatic heterocycles. The van der Waals surface area contributed by atoms with Crippen LogP contribution < -0.4 is 16.0 Å². The second-order valence-corrected chi connectivity index (χ2v) is 5.45. The lowest BCUT2D eigenvalue weighted by Gasteiger charge is -2.07. The highest BCUT2D eigenvalue weighted by Crippen LogP contribution is 2.31. The lowest BCUT2D eigenvalue weighted by molar-refractivity contribution is 0.0921. The number of nitrogens with two attached hydrogens (primary N) is 1. The number of hydrogen-bond acceptors (Lipinski definition) is 4. The minimum Gasteiger partial charge on any atom is -0.484 e.